The Morgan fingerprint density at radius 3 is 2.18 bits per heavy atom. The van der Waals surface area contributed by atoms with Gasteiger partial charge in [-0.15, -0.1) is 0 Å². The number of halogens is 2. The number of carbonyl (C=O) groups is 2. The molecule has 0 radical (unpaired) electrons. The van der Waals surface area contributed by atoms with Gasteiger partial charge >= 0.3 is 0 Å². The predicted octanol–water partition coefficient (Wildman–Crippen LogP) is 3.10. The number of quaternary nitrogens is 1. The van der Waals surface area contributed by atoms with Crippen molar-refractivity contribution in [3.63, 3.8) is 0 Å². The third kappa shape index (κ3) is 6.82. The Morgan fingerprint density at radius 2 is 1.57 bits per heavy atom. The van der Waals surface area contributed by atoms with Gasteiger partial charge in [0.15, 0.2) is 13.1 Å². The van der Waals surface area contributed by atoms with E-state index in [9.17, 15) is 9.59 Å². The Morgan fingerprint density at radius 1 is 0.964 bits per heavy atom. The molecule has 0 saturated heterocycles. The maximum absolute atomic E-state index is 12.5. The molecular weight excluding hydrogens is 397 g/mol. The van der Waals surface area contributed by atoms with Gasteiger partial charge in [-0.3, -0.25) is 9.59 Å². The van der Waals surface area contributed by atoms with Crippen LogP contribution in [0.2, 0.25) is 10.0 Å². The molecule has 0 heterocycles. The van der Waals surface area contributed by atoms with Gasteiger partial charge < -0.3 is 15.5 Å². The average molecular weight is 423 g/mol. The largest absolute Gasteiger partial charge is 0.344 e. The Bertz CT molecular complexity index is 779. The number of benzene rings is 2. The molecule has 5 nitrogen and oxygen atoms in total. The number of carbonyl (C=O) groups excluding carboxylic acids is 2. The van der Waals surface area contributed by atoms with Gasteiger partial charge in [0.2, 0.25) is 0 Å². The van der Waals surface area contributed by atoms with Crippen LogP contribution in [0.15, 0.2) is 48.5 Å². The third-order valence-electron chi connectivity index (χ3n) is 4.27. The molecule has 3 N–H and O–H groups in total. The molecule has 150 valence electrons. The number of likely N-dealkylation sites (N-methyl/N-ethyl adjacent to an activating group) is 1. The summed E-state index contributed by atoms with van der Waals surface area (Å²) in [6.07, 6.45) is 1.82. The van der Waals surface area contributed by atoms with Crippen LogP contribution < -0.4 is 15.5 Å². The van der Waals surface area contributed by atoms with Crippen molar-refractivity contribution in [3.8, 4) is 0 Å². The Labute approximate surface area is 176 Å². The zero-order valence-electron chi connectivity index (χ0n) is 16.1. The lowest BCUT2D eigenvalue weighted by Crippen LogP contribution is -3.11. The van der Waals surface area contributed by atoms with E-state index < -0.39 is 0 Å². The molecule has 2 aromatic carbocycles. The lowest BCUT2D eigenvalue weighted by atomic mass is 10.0. The van der Waals surface area contributed by atoms with E-state index >= 15 is 0 Å². The molecule has 0 aromatic heterocycles. The number of anilines is 1. The quantitative estimate of drug-likeness (QED) is 0.581. The first-order valence-corrected chi connectivity index (χ1v) is 10.1. The topological polar surface area (TPSA) is 62.6 Å². The molecule has 2 aromatic rings. The molecule has 7 heteroatoms. The van der Waals surface area contributed by atoms with Gasteiger partial charge in [0, 0.05) is 0 Å². The SMILES string of the molecule is CCC[C@@H](NC(=O)C[NH+](C)CC(=O)Nc1c(Cl)cccc1Cl)c1ccccc1. The average Bonchev–Trinajstić information content (AvgIpc) is 2.65. The zero-order chi connectivity index (χ0) is 20.5. The summed E-state index contributed by atoms with van der Waals surface area (Å²) in [7, 11) is 1.80. The first-order chi connectivity index (χ1) is 13.4. The fourth-order valence-corrected chi connectivity index (χ4v) is 3.45. The van der Waals surface area contributed by atoms with Crippen LogP contribution in [-0.2, 0) is 9.59 Å². The third-order valence-corrected chi connectivity index (χ3v) is 4.90. The summed E-state index contributed by atoms with van der Waals surface area (Å²) in [5.74, 6) is -0.350. The van der Waals surface area contributed by atoms with E-state index in [1.807, 2.05) is 30.3 Å². The van der Waals surface area contributed by atoms with Crippen molar-refractivity contribution >= 4 is 40.7 Å². The monoisotopic (exact) mass is 422 g/mol. The van der Waals surface area contributed by atoms with E-state index in [0.717, 1.165) is 23.3 Å². The van der Waals surface area contributed by atoms with Crippen molar-refractivity contribution in [2.75, 3.05) is 25.5 Å². The highest BCUT2D eigenvalue weighted by molar-refractivity contribution is 6.39. The summed E-state index contributed by atoms with van der Waals surface area (Å²) < 4.78 is 0. The maximum Gasteiger partial charge on any atom is 0.279 e. The number of para-hydroxylation sites is 1. The summed E-state index contributed by atoms with van der Waals surface area (Å²) in [4.78, 5) is 25.5. The molecule has 0 aliphatic rings. The van der Waals surface area contributed by atoms with Crippen LogP contribution in [-0.4, -0.2) is 32.0 Å². The van der Waals surface area contributed by atoms with E-state index in [2.05, 4.69) is 17.6 Å². The van der Waals surface area contributed by atoms with Crippen LogP contribution in [0.5, 0.6) is 0 Å². The van der Waals surface area contributed by atoms with Gasteiger partial charge in [0.1, 0.15) is 0 Å². The molecule has 2 rings (SSSR count). The van der Waals surface area contributed by atoms with E-state index in [1.165, 1.54) is 0 Å². The van der Waals surface area contributed by atoms with Crippen molar-refractivity contribution in [2.45, 2.75) is 25.8 Å². The lowest BCUT2D eigenvalue weighted by molar-refractivity contribution is -0.862. The summed E-state index contributed by atoms with van der Waals surface area (Å²) >= 11 is 12.1. The van der Waals surface area contributed by atoms with Gasteiger partial charge in [-0.25, -0.2) is 0 Å². The molecule has 0 fully saturated rings. The lowest BCUT2D eigenvalue weighted by Gasteiger charge is -2.20. The van der Waals surface area contributed by atoms with E-state index in [1.54, 1.807) is 25.2 Å². The number of amides is 2. The van der Waals surface area contributed by atoms with Gasteiger partial charge in [0.25, 0.3) is 11.8 Å². The van der Waals surface area contributed by atoms with Crippen molar-refractivity contribution in [1.29, 1.82) is 0 Å². The van der Waals surface area contributed by atoms with Crippen LogP contribution in [0.1, 0.15) is 31.4 Å². The Kier molecular flexibility index (Phi) is 8.77. The molecule has 2 atom stereocenters. The van der Waals surface area contributed by atoms with Crippen LogP contribution >= 0.6 is 23.2 Å². The molecule has 0 aliphatic heterocycles. The van der Waals surface area contributed by atoms with Crippen molar-refractivity contribution in [1.82, 2.24) is 5.32 Å². The molecule has 0 aliphatic carbocycles. The fourth-order valence-electron chi connectivity index (χ4n) is 2.95. The van der Waals surface area contributed by atoms with Gasteiger partial charge in [-0.2, -0.15) is 0 Å². The minimum atomic E-state index is -0.256. The van der Waals surface area contributed by atoms with Crippen LogP contribution in [0.25, 0.3) is 0 Å². The van der Waals surface area contributed by atoms with E-state index in [0.29, 0.717) is 15.7 Å². The molecule has 28 heavy (non-hydrogen) atoms. The highest BCUT2D eigenvalue weighted by Gasteiger charge is 2.19. The second-order valence-electron chi connectivity index (χ2n) is 6.77. The standard InChI is InChI=1S/C21H25Cl2N3O2/c1-3-8-18(15-9-5-4-6-10-15)24-19(27)13-26(2)14-20(28)25-21-16(22)11-7-12-17(21)23/h4-7,9-12,18H,3,8,13-14H2,1-2H3,(H,24,27)(H,25,28)/p+1/t18-/m1/s1. The molecule has 2 amide bonds. The first kappa shape index (κ1) is 22.2. The summed E-state index contributed by atoms with van der Waals surface area (Å²) in [6.45, 7) is 2.40. The molecule has 0 bridgehead atoms. The highest BCUT2D eigenvalue weighted by Crippen LogP contribution is 2.29. The first-order valence-electron chi connectivity index (χ1n) is 9.30. The number of rotatable bonds is 9. The van der Waals surface area contributed by atoms with Crippen molar-refractivity contribution in [2.24, 2.45) is 0 Å². The molecule has 1 unspecified atom stereocenters. The van der Waals surface area contributed by atoms with E-state index in [4.69, 9.17) is 23.2 Å². The molecular formula is C21H26Cl2N3O2+. The van der Waals surface area contributed by atoms with Crippen LogP contribution in [0.3, 0.4) is 0 Å². The number of hydrogen-bond donors (Lipinski definition) is 3. The second-order valence-corrected chi connectivity index (χ2v) is 7.59. The summed E-state index contributed by atoms with van der Waals surface area (Å²) in [6, 6.07) is 14.9. The zero-order valence-corrected chi connectivity index (χ0v) is 17.6. The number of hydrogen-bond acceptors (Lipinski definition) is 2. The van der Waals surface area contributed by atoms with Crippen molar-refractivity contribution in [3.05, 3.63) is 64.1 Å². The minimum absolute atomic E-state index is 0.0257. The Balaban J connectivity index is 1.88. The summed E-state index contributed by atoms with van der Waals surface area (Å²) in [5.41, 5.74) is 1.47. The molecule has 0 saturated carbocycles. The Hall–Kier alpha value is -2.08. The predicted molar refractivity (Wildman–Crippen MR) is 114 cm³/mol. The van der Waals surface area contributed by atoms with Crippen molar-refractivity contribution < 1.29 is 14.5 Å². The van der Waals surface area contributed by atoms with Gasteiger partial charge in [0.05, 0.1) is 28.8 Å². The highest BCUT2D eigenvalue weighted by atomic mass is 35.5. The molecule has 0 spiro atoms. The van der Waals surface area contributed by atoms with E-state index in [-0.39, 0.29) is 30.9 Å². The minimum Gasteiger partial charge on any atom is -0.344 e. The second kappa shape index (κ2) is 11.1. The number of nitrogens with one attached hydrogen (secondary N) is 3. The normalized spacial score (nSPS) is 12.9. The van der Waals surface area contributed by atoms with Crippen LogP contribution in [0.4, 0.5) is 5.69 Å². The van der Waals surface area contributed by atoms with Gasteiger partial charge in [-0.05, 0) is 24.1 Å². The van der Waals surface area contributed by atoms with Crippen LogP contribution in [0, 0.1) is 0 Å². The maximum atomic E-state index is 12.5. The summed E-state index contributed by atoms with van der Waals surface area (Å²) in [5, 5.41) is 6.54. The smallest absolute Gasteiger partial charge is 0.279 e. The fraction of sp³-hybridized carbons (Fsp3) is 0.333. The van der Waals surface area contributed by atoms with Gasteiger partial charge in [-0.1, -0.05) is 72.9 Å².